The number of sulfonamides is 1. The molecule has 4 nitrogen and oxygen atoms in total. The Hall–Kier alpha value is -1.76. The molecule has 1 heterocycles. The minimum atomic E-state index is -3.47. The molecule has 1 N–H and O–H groups in total. The first-order chi connectivity index (χ1) is 9.92. The van der Waals surface area contributed by atoms with Gasteiger partial charge in [-0.1, -0.05) is 0 Å². The first-order valence-corrected chi connectivity index (χ1v) is 8.55. The van der Waals surface area contributed by atoms with E-state index in [-0.39, 0.29) is 10.7 Å². The van der Waals surface area contributed by atoms with Crippen molar-refractivity contribution in [2.24, 2.45) is 0 Å². The lowest BCUT2D eigenvalue weighted by Crippen LogP contribution is -2.18. The Kier molecular flexibility index (Phi) is 4.72. The molecule has 2 aromatic rings. The first-order valence-electron chi connectivity index (χ1n) is 6.25. The maximum absolute atomic E-state index is 12.0. The first kappa shape index (κ1) is 15.6. The molecule has 1 aromatic carbocycles. The lowest BCUT2D eigenvalue weighted by molar-refractivity contribution is 0.104. The van der Waals surface area contributed by atoms with Crippen LogP contribution in [0.25, 0.3) is 6.08 Å². The number of hydrogen-bond donors (Lipinski definition) is 1. The lowest BCUT2D eigenvalue weighted by atomic mass is 10.1. The second kappa shape index (κ2) is 6.34. The Morgan fingerprint density at radius 2 is 1.81 bits per heavy atom. The van der Waals surface area contributed by atoms with Gasteiger partial charge in [0.25, 0.3) is 0 Å². The number of benzene rings is 1. The van der Waals surface area contributed by atoms with Gasteiger partial charge in [-0.3, -0.25) is 4.79 Å². The number of rotatable bonds is 5. The van der Waals surface area contributed by atoms with E-state index in [0.717, 1.165) is 4.88 Å². The van der Waals surface area contributed by atoms with Gasteiger partial charge < -0.3 is 0 Å². The number of allylic oxidation sites excluding steroid dienone is 1. The summed E-state index contributed by atoms with van der Waals surface area (Å²) >= 11 is 1.61. The molecular formula is C15H15NO3S2. The fraction of sp³-hybridized carbons (Fsp3) is 0.133. The summed E-state index contributed by atoms with van der Waals surface area (Å²) in [4.78, 5) is 14.3. The van der Waals surface area contributed by atoms with Crippen LogP contribution >= 0.6 is 11.3 Å². The molecule has 21 heavy (non-hydrogen) atoms. The SMILES string of the molecule is CNS(=O)(=O)c1ccc(C(=O)/C=C/c2ccc(C)s2)cc1. The van der Waals surface area contributed by atoms with Gasteiger partial charge in [-0.15, -0.1) is 11.3 Å². The summed E-state index contributed by atoms with van der Waals surface area (Å²) in [5, 5.41) is 0. The maximum atomic E-state index is 12.0. The van der Waals surface area contributed by atoms with Gasteiger partial charge in [0.1, 0.15) is 0 Å². The third kappa shape index (κ3) is 3.87. The summed E-state index contributed by atoms with van der Waals surface area (Å²) < 4.78 is 25.4. The van der Waals surface area contributed by atoms with E-state index in [0.29, 0.717) is 5.56 Å². The van der Waals surface area contributed by atoms with Gasteiger partial charge >= 0.3 is 0 Å². The van der Waals surface area contributed by atoms with E-state index in [9.17, 15) is 13.2 Å². The zero-order valence-corrected chi connectivity index (χ0v) is 13.3. The molecule has 0 saturated carbocycles. The smallest absolute Gasteiger partial charge is 0.240 e. The quantitative estimate of drug-likeness (QED) is 0.680. The van der Waals surface area contributed by atoms with Crippen LogP contribution in [0.4, 0.5) is 0 Å². The molecule has 1 aromatic heterocycles. The molecule has 0 amide bonds. The van der Waals surface area contributed by atoms with Crippen LogP contribution in [0.2, 0.25) is 0 Å². The molecule has 0 saturated heterocycles. The van der Waals surface area contributed by atoms with Crippen LogP contribution in [-0.4, -0.2) is 21.2 Å². The summed E-state index contributed by atoms with van der Waals surface area (Å²) in [5.74, 6) is -0.158. The standard InChI is InChI=1S/C15H15NO3S2/c1-11-3-6-13(20-11)7-10-15(17)12-4-8-14(9-5-12)21(18,19)16-2/h3-10,16H,1-2H3/b10-7+. The van der Waals surface area contributed by atoms with Gasteiger partial charge in [0.2, 0.25) is 10.0 Å². The average Bonchev–Trinajstić information content (AvgIpc) is 2.90. The summed E-state index contributed by atoms with van der Waals surface area (Å²) in [5.41, 5.74) is 0.453. The molecule has 0 radical (unpaired) electrons. The molecule has 0 bridgehead atoms. The van der Waals surface area contributed by atoms with Crippen molar-refractivity contribution in [1.29, 1.82) is 0 Å². The van der Waals surface area contributed by atoms with E-state index in [1.54, 1.807) is 17.4 Å². The van der Waals surface area contributed by atoms with Crippen LogP contribution in [0, 0.1) is 6.92 Å². The van der Waals surface area contributed by atoms with Crippen molar-refractivity contribution in [3.63, 3.8) is 0 Å². The fourth-order valence-corrected chi connectivity index (χ4v) is 3.22. The Balaban J connectivity index is 2.15. The van der Waals surface area contributed by atoms with Crippen LogP contribution in [0.1, 0.15) is 20.1 Å². The third-order valence-electron chi connectivity index (χ3n) is 2.88. The highest BCUT2D eigenvalue weighted by Crippen LogP contribution is 2.17. The molecule has 110 valence electrons. The van der Waals surface area contributed by atoms with Gasteiger partial charge in [-0.2, -0.15) is 0 Å². The van der Waals surface area contributed by atoms with Gasteiger partial charge in [0, 0.05) is 15.3 Å². The molecule has 0 aliphatic heterocycles. The second-order valence-electron chi connectivity index (χ2n) is 4.38. The topological polar surface area (TPSA) is 63.2 Å². The summed E-state index contributed by atoms with van der Waals surface area (Å²) in [7, 11) is -2.12. The summed E-state index contributed by atoms with van der Waals surface area (Å²) in [6, 6.07) is 9.80. The van der Waals surface area contributed by atoms with Gasteiger partial charge in [0.15, 0.2) is 5.78 Å². The summed E-state index contributed by atoms with van der Waals surface area (Å²) in [6.45, 7) is 2.00. The molecule has 0 fully saturated rings. The predicted octanol–water partition coefficient (Wildman–Crippen LogP) is 2.86. The van der Waals surface area contributed by atoms with Crippen LogP contribution in [0.3, 0.4) is 0 Å². The van der Waals surface area contributed by atoms with Crippen molar-refractivity contribution in [3.05, 3.63) is 57.8 Å². The minimum Gasteiger partial charge on any atom is -0.289 e. The molecule has 0 spiro atoms. The number of ketones is 1. The van der Waals surface area contributed by atoms with E-state index in [1.165, 1.54) is 42.3 Å². The molecular weight excluding hydrogens is 306 g/mol. The Morgan fingerprint density at radius 3 is 2.33 bits per heavy atom. The normalized spacial score (nSPS) is 11.9. The zero-order valence-electron chi connectivity index (χ0n) is 11.7. The highest BCUT2D eigenvalue weighted by atomic mass is 32.2. The van der Waals surface area contributed by atoms with Crippen LogP contribution < -0.4 is 4.72 Å². The van der Waals surface area contributed by atoms with Crippen molar-refractivity contribution < 1.29 is 13.2 Å². The van der Waals surface area contributed by atoms with Crippen LogP contribution in [0.5, 0.6) is 0 Å². The average molecular weight is 321 g/mol. The number of nitrogens with one attached hydrogen (secondary N) is 1. The van der Waals surface area contributed by atoms with E-state index in [1.807, 2.05) is 19.1 Å². The third-order valence-corrected chi connectivity index (χ3v) is 5.27. The van der Waals surface area contributed by atoms with Crippen LogP contribution in [-0.2, 0) is 10.0 Å². The summed E-state index contributed by atoms with van der Waals surface area (Å²) in [6.07, 6.45) is 3.26. The second-order valence-corrected chi connectivity index (χ2v) is 7.58. The van der Waals surface area contributed by atoms with Crippen LogP contribution in [0.15, 0.2) is 47.4 Å². The van der Waals surface area contributed by atoms with E-state index >= 15 is 0 Å². The lowest BCUT2D eigenvalue weighted by Gasteiger charge is -2.02. The monoisotopic (exact) mass is 321 g/mol. The Labute approximate surface area is 128 Å². The number of carbonyl (C=O) groups is 1. The Bertz CT molecular complexity index is 772. The number of thiophene rings is 1. The van der Waals surface area contributed by atoms with E-state index < -0.39 is 10.0 Å². The molecule has 0 aliphatic rings. The number of hydrogen-bond acceptors (Lipinski definition) is 4. The van der Waals surface area contributed by atoms with Gasteiger partial charge in [0.05, 0.1) is 4.90 Å². The molecule has 6 heteroatoms. The van der Waals surface area contributed by atoms with E-state index in [4.69, 9.17) is 0 Å². The van der Waals surface area contributed by atoms with Crippen molar-refractivity contribution in [2.45, 2.75) is 11.8 Å². The fourth-order valence-electron chi connectivity index (χ4n) is 1.71. The van der Waals surface area contributed by atoms with Crippen molar-refractivity contribution in [1.82, 2.24) is 4.72 Å². The van der Waals surface area contributed by atoms with Gasteiger partial charge in [-0.05, 0) is 62.5 Å². The van der Waals surface area contributed by atoms with Gasteiger partial charge in [-0.25, -0.2) is 13.1 Å². The highest BCUT2D eigenvalue weighted by molar-refractivity contribution is 7.89. The maximum Gasteiger partial charge on any atom is 0.240 e. The Morgan fingerprint density at radius 1 is 1.14 bits per heavy atom. The highest BCUT2D eigenvalue weighted by Gasteiger charge is 2.11. The minimum absolute atomic E-state index is 0.138. The number of carbonyl (C=O) groups excluding carboxylic acids is 1. The molecule has 2 rings (SSSR count). The zero-order chi connectivity index (χ0) is 15.5. The van der Waals surface area contributed by atoms with Crippen molar-refractivity contribution in [2.75, 3.05) is 7.05 Å². The van der Waals surface area contributed by atoms with Crippen molar-refractivity contribution >= 4 is 33.2 Å². The number of aryl methyl sites for hydroxylation is 1. The molecule has 0 atom stereocenters. The van der Waals surface area contributed by atoms with E-state index in [2.05, 4.69) is 4.72 Å². The van der Waals surface area contributed by atoms with Crippen molar-refractivity contribution in [3.8, 4) is 0 Å². The molecule has 0 aliphatic carbocycles. The molecule has 0 unspecified atom stereocenters. The predicted molar refractivity (Wildman–Crippen MR) is 85.1 cm³/mol. The largest absolute Gasteiger partial charge is 0.289 e.